The number of phenolic OH excluding ortho intramolecular Hbond substituents is 1. The van der Waals surface area contributed by atoms with Crippen molar-refractivity contribution >= 4 is 0 Å². The van der Waals surface area contributed by atoms with Crippen molar-refractivity contribution in [1.29, 1.82) is 0 Å². The van der Waals surface area contributed by atoms with E-state index in [-0.39, 0.29) is 0 Å². The summed E-state index contributed by atoms with van der Waals surface area (Å²) in [6.07, 6.45) is 0.860. The first-order chi connectivity index (χ1) is 7.27. The predicted octanol–water partition coefficient (Wildman–Crippen LogP) is 3.27. The Hall–Kier alpha value is -1.76. The molecule has 2 aromatic rings. The van der Waals surface area contributed by atoms with Crippen LogP contribution in [0.3, 0.4) is 0 Å². The van der Waals surface area contributed by atoms with Crippen LogP contribution in [0.25, 0.3) is 11.1 Å². The van der Waals surface area contributed by atoms with E-state index in [2.05, 4.69) is 31.2 Å². The standard InChI is InChI=1S/C14H12O/c1-9-6-7-13(15)12-8-10-4-2-3-5-11(10)14(9)12/h2-7,15H,8H2,1H3. The second-order valence-corrected chi connectivity index (χ2v) is 4.09. The molecule has 1 aliphatic carbocycles. The molecule has 0 bridgehead atoms. The summed E-state index contributed by atoms with van der Waals surface area (Å²) >= 11 is 0. The maximum Gasteiger partial charge on any atom is 0.119 e. The number of hydrogen-bond acceptors (Lipinski definition) is 1. The third-order valence-corrected chi connectivity index (χ3v) is 3.15. The molecular weight excluding hydrogens is 184 g/mol. The van der Waals surface area contributed by atoms with Gasteiger partial charge in [-0.25, -0.2) is 0 Å². The lowest BCUT2D eigenvalue weighted by atomic mass is 10.00. The van der Waals surface area contributed by atoms with Crippen molar-refractivity contribution in [3.8, 4) is 16.9 Å². The molecule has 1 nitrogen and oxygen atoms in total. The second kappa shape index (κ2) is 2.86. The molecule has 0 aliphatic heterocycles. The van der Waals surface area contributed by atoms with E-state index in [1.807, 2.05) is 6.07 Å². The first kappa shape index (κ1) is 8.54. The van der Waals surface area contributed by atoms with Crippen LogP contribution in [0.4, 0.5) is 0 Å². The summed E-state index contributed by atoms with van der Waals surface area (Å²) in [6, 6.07) is 12.1. The monoisotopic (exact) mass is 196 g/mol. The molecule has 1 aliphatic rings. The van der Waals surface area contributed by atoms with Crippen LogP contribution in [0, 0.1) is 6.92 Å². The van der Waals surface area contributed by atoms with Crippen LogP contribution < -0.4 is 0 Å². The summed E-state index contributed by atoms with van der Waals surface area (Å²) in [4.78, 5) is 0. The van der Waals surface area contributed by atoms with Crippen molar-refractivity contribution in [1.82, 2.24) is 0 Å². The molecule has 0 amide bonds. The van der Waals surface area contributed by atoms with Crippen LogP contribution in [0.2, 0.25) is 0 Å². The maximum atomic E-state index is 9.83. The largest absolute Gasteiger partial charge is 0.508 e. The summed E-state index contributed by atoms with van der Waals surface area (Å²) in [5.74, 6) is 0.423. The van der Waals surface area contributed by atoms with Gasteiger partial charge in [0, 0.05) is 12.0 Å². The van der Waals surface area contributed by atoms with Crippen molar-refractivity contribution in [2.75, 3.05) is 0 Å². The Balaban J connectivity index is 2.37. The number of rotatable bonds is 0. The Kier molecular flexibility index (Phi) is 1.63. The molecule has 1 heteroatoms. The lowest BCUT2D eigenvalue weighted by Crippen LogP contribution is -1.84. The minimum absolute atomic E-state index is 0.423. The molecule has 3 rings (SSSR count). The molecule has 0 radical (unpaired) electrons. The number of aryl methyl sites for hydroxylation is 1. The van der Waals surface area contributed by atoms with E-state index in [1.165, 1.54) is 22.3 Å². The number of aromatic hydroxyl groups is 1. The summed E-state index contributed by atoms with van der Waals surface area (Å²) in [7, 11) is 0. The molecule has 0 unspecified atom stereocenters. The van der Waals surface area contributed by atoms with E-state index >= 15 is 0 Å². The Morgan fingerprint density at radius 3 is 2.73 bits per heavy atom. The van der Waals surface area contributed by atoms with Gasteiger partial charge in [0.05, 0.1) is 0 Å². The normalized spacial score (nSPS) is 12.3. The highest BCUT2D eigenvalue weighted by molar-refractivity contribution is 5.81. The average molecular weight is 196 g/mol. The van der Waals surface area contributed by atoms with E-state index in [1.54, 1.807) is 6.07 Å². The fraction of sp³-hybridized carbons (Fsp3) is 0.143. The number of hydrogen-bond donors (Lipinski definition) is 1. The van der Waals surface area contributed by atoms with Crippen molar-refractivity contribution in [3.05, 3.63) is 53.1 Å². The van der Waals surface area contributed by atoms with Gasteiger partial charge in [-0.2, -0.15) is 0 Å². The van der Waals surface area contributed by atoms with Gasteiger partial charge in [0.25, 0.3) is 0 Å². The quantitative estimate of drug-likeness (QED) is 0.585. The number of fused-ring (bicyclic) bond motifs is 3. The van der Waals surface area contributed by atoms with E-state index in [0.717, 1.165) is 12.0 Å². The first-order valence-corrected chi connectivity index (χ1v) is 5.17. The van der Waals surface area contributed by atoms with E-state index in [4.69, 9.17) is 0 Å². The Labute approximate surface area is 89.0 Å². The minimum atomic E-state index is 0.423. The highest BCUT2D eigenvalue weighted by Crippen LogP contribution is 2.42. The van der Waals surface area contributed by atoms with Gasteiger partial charge in [-0.15, -0.1) is 0 Å². The van der Waals surface area contributed by atoms with Crippen molar-refractivity contribution in [2.45, 2.75) is 13.3 Å². The smallest absolute Gasteiger partial charge is 0.119 e. The van der Waals surface area contributed by atoms with Gasteiger partial charge in [-0.3, -0.25) is 0 Å². The second-order valence-electron chi connectivity index (χ2n) is 4.09. The SMILES string of the molecule is Cc1ccc(O)c2c1-c1ccccc1C2. The Bertz CT molecular complexity index is 541. The lowest BCUT2D eigenvalue weighted by Gasteiger charge is -2.06. The van der Waals surface area contributed by atoms with Crippen LogP contribution in [-0.4, -0.2) is 5.11 Å². The van der Waals surface area contributed by atoms with Gasteiger partial charge in [-0.05, 0) is 35.2 Å². The highest BCUT2D eigenvalue weighted by Gasteiger charge is 2.21. The van der Waals surface area contributed by atoms with Crippen molar-refractivity contribution in [2.24, 2.45) is 0 Å². The fourth-order valence-corrected chi connectivity index (χ4v) is 2.42. The molecule has 0 spiro atoms. The topological polar surface area (TPSA) is 20.2 Å². The molecule has 2 aromatic carbocycles. The van der Waals surface area contributed by atoms with Crippen LogP contribution in [0.1, 0.15) is 16.7 Å². The Morgan fingerprint density at radius 2 is 1.87 bits per heavy atom. The van der Waals surface area contributed by atoms with E-state index in [9.17, 15) is 5.11 Å². The summed E-state index contributed by atoms with van der Waals surface area (Å²) < 4.78 is 0. The van der Waals surface area contributed by atoms with Crippen LogP contribution in [0.5, 0.6) is 5.75 Å². The predicted molar refractivity (Wildman–Crippen MR) is 61.1 cm³/mol. The number of phenols is 1. The molecule has 0 fully saturated rings. The van der Waals surface area contributed by atoms with Gasteiger partial charge < -0.3 is 5.11 Å². The molecule has 0 saturated carbocycles. The van der Waals surface area contributed by atoms with Gasteiger partial charge in [0.2, 0.25) is 0 Å². The molecule has 0 aromatic heterocycles. The van der Waals surface area contributed by atoms with Crippen LogP contribution >= 0.6 is 0 Å². The van der Waals surface area contributed by atoms with E-state index < -0.39 is 0 Å². The zero-order valence-corrected chi connectivity index (χ0v) is 8.62. The van der Waals surface area contributed by atoms with Crippen molar-refractivity contribution in [3.63, 3.8) is 0 Å². The fourth-order valence-electron chi connectivity index (χ4n) is 2.42. The third kappa shape index (κ3) is 1.09. The summed E-state index contributed by atoms with van der Waals surface area (Å²) in [5.41, 5.74) is 6.15. The average Bonchev–Trinajstić information content (AvgIpc) is 2.64. The molecule has 0 heterocycles. The molecule has 0 saturated heterocycles. The highest BCUT2D eigenvalue weighted by atomic mass is 16.3. The van der Waals surface area contributed by atoms with Gasteiger partial charge in [-0.1, -0.05) is 30.3 Å². The maximum absolute atomic E-state index is 9.83. The van der Waals surface area contributed by atoms with Gasteiger partial charge >= 0.3 is 0 Å². The Morgan fingerprint density at radius 1 is 1.07 bits per heavy atom. The van der Waals surface area contributed by atoms with Crippen molar-refractivity contribution < 1.29 is 5.11 Å². The number of benzene rings is 2. The summed E-state index contributed by atoms with van der Waals surface area (Å²) in [6.45, 7) is 2.10. The van der Waals surface area contributed by atoms with E-state index in [0.29, 0.717) is 5.75 Å². The molecule has 0 atom stereocenters. The lowest BCUT2D eigenvalue weighted by molar-refractivity contribution is 0.470. The third-order valence-electron chi connectivity index (χ3n) is 3.15. The summed E-state index contributed by atoms with van der Waals surface area (Å²) in [5, 5.41) is 9.83. The molecule has 1 N–H and O–H groups in total. The zero-order chi connectivity index (χ0) is 10.4. The van der Waals surface area contributed by atoms with Gasteiger partial charge in [0.15, 0.2) is 0 Å². The van der Waals surface area contributed by atoms with Crippen LogP contribution in [0.15, 0.2) is 36.4 Å². The molecule has 74 valence electrons. The molecule has 15 heavy (non-hydrogen) atoms. The van der Waals surface area contributed by atoms with Gasteiger partial charge in [0.1, 0.15) is 5.75 Å². The minimum Gasteiger partial charge on any atom is -0.508 e. The zero-order valence-electron chi connectivity index (χ0n) is 8.62. The molecular formula is C14H12O. The first-order valence-electron chi connectivity index (χ1n) is 5.17. The van der Waals surface area contributed by atoms with Crippen LogP contribution in [-0.2, 0) is 6.42 Å².